The predicted molar refractivity (Wildman–Crippen MR) is 119 cm³/mol. The topological polar surface area (TPSA) is 66.4 Å². The molecule has 2 aromatic rings. The highest BCUT2D eigenvalue weighted by molar-refractivity contribution is 7.14. The fourth-order valence-corrected chi connectivity index (χ4v) is 5.39. The number of carboxylic acids is 1. The quantitative estimate of drug-likeness (QED) is 0.448. The van der Waals surface area contributed by atoms with Gasteiger partial charge in [-0.05, 0) is 67.5 Å². The molecule has 3 rings (SSSR count). The summed E-state index contributed by atoms with van der Waals surface area (Å²) >= 11 is 1.65. The minimum atomic E-state index is -0.912. The van der Waals surface area contributed by atoms with Gasteiger partial charge in [-0.3, -0.25) is 4.79 Å². The normalized spacial score (nSPS) is 15.8. The van der Waals surface area contributed by atoms with Gasteiger partial charge in [-0.2, -0.15) is 0 Å². The van der Waals surface area contributed by atoms with Crippen molar-refractivity contribution in [1.29, 1.82) is 0 Å². The Bertz CT molecular complexity index is 834. The average molecular weight is 414 g/mol. The van der Waals surface area contributed by atoms with Crippen molar-refractivity contribution in [2.75, 3.05) is 5.32 Å². The highest BCUT2D eigenvalue weighted by Gasteiger charge is 2.29. The number of aryl methyl sites for hydroxylation is 1. The molecular weight excluding hydrogens is 382 g/mol. The molecule has 4 nitrogen and oxygen atoms in total. The van der Waals surface area contributed by atoms with Crippen LogP contribution in [0, 0.1) is 5.92 Å². The molecule has 1 heterocycles. The summed E-state index contributed by atoms with van der Waals surface area (Å²) in [5.41, 5.74) is 2.48. The molecule has 1 saturated carbocycles. The van der Waals surface area contributed by atoms with Gasteiger partial charge in [-0.15, -0.1) is 11.3 Å². The van der Waals surface area contributed by atoms with Crippen molar-refractivity contribution in [3.05, 3.63) is 51.2 Å². The van der Waals surface area contributed by atoms with Crippen LogP contribution in [0.25, 0.3) is 0 Å². The van der Waals surface area contributed by atoms with Gasteiger partial charge in [-0.1, -0.05) is 33.1 Å². The zero-order valence-corrected chi connectivity index (χ0v) is 18.2. The van der Waals surface area contributed by atoms with E-state index in [0.717, 1.165) is 23.4 Å². The van der Waals surface area contributed by atoms with E-state index < -0.39 is 5.97 Å². The Kier molecular flexibility index (Phi) is 7.48. The molecule has 1 aliphatic rings. The monoisotopic (exact) mass is 413 g/mol. The zero-order valence-electron chi connectivity index (χ0n) is 17.4. The van der Waals surface area contributed by atoms with E-state index in [2.05, 4.69) is 18.3 Å². The fraction of sp³-hybridized carbons (Fsp3) is 0.500. The second-order valence-electron chi connectivity index (χ2n) is 7.92. The standard InChI is InChI=1S/C24H31NO3S/c1-3-8-20(26)22-15-19(21(4-2)29-22)23(16-9-6-5-7-10-16)25-18-13-11-17(12-14-18)24(27)28/h11-16,23,25H,3-10H2,1-2H3,(H,27,28). The summed E-state index contributed by atoms with van der Waals surface area (Å²) in [5.74, 6) is -0.144. The Balaban J connectivity index is 1.93. The number of anilines is 1. The van der Waals surface area contributed by atoms with Crippen LogP contribution in [0.4, 0.5) is 5.69 Å². The Morgan fingerprint density at radius 1 is 1.14 bits per heavy atom. The van der Waals surface area contributed by atoms with Gasteiger partial charge >= 0.3 is 5.97 Å². The number of nitrogens with one attached hydrogen (secondary N) is 1. The third-order valence-electron chi connectivity index (χ3n) is 5.83. The van der Waals surface area contributed by atoms with Crippen molar-refractivity contribution in [1.82, 2.24) is 0 Å². The second kappa shape index (κ2) is 10.1. The summed E-state index contributed by atoms with van der Waals surface area (Å²) in [6.45, 7) is 4.20. The number of hydrogen-bond acceptors (Lipinski definition) is 4. The van der Waals surface area contributed by atoms with Crippen LogP contribution in [0.3, 0.4) is 0 Å². The number of hydrogen-bond donors (Lipinski definition) is 2. The van der Waals surface area contributed by atoms with Crippen LogP contribution in [-0.4, -0.2) is 16.9 Å². The van der Waals surface area contributed by atoms with E-state index >= 15 is 0 Å². The van der Waals surface area contributed by atoms with Gasteiger partial charge in [0, 0.05) is 17.0 Å². The highest BCUT2D eigenvalue weighted by Crippen LogP contribution is 2.41. The average Bonchev–Trinajstić information content (AvgIpc) is 3.17. The van der Waals surface area contributed by atoms with Gasteiger partial charge < -0.3 is 10.4 Å². The molecule has 1 aromatic carbocycles. The third-order valence-corrected chi connectivity index (χ3v) is 7.16. The van der Waals surface area contributed by atoms with E-state index in [1.807, 2.05) is 19.1 Å². The van der Waals surface area contributed by atoms with Crippen LogP contribution in [-0.2, 0) is 6.42 Å². The van der Waals surface area contributed by atoms with Crippen LogP contribution in [0.5, 0.6) is 0 Å². The summed E-state index contributed by atoms with van der Waals surface area (Å²) in [6, 6.07) is 9.26. The second-order valence-corrected chi connectivity index (χ2v) is 9.06. The maximum absolute atomic E-state index is 12.5. The number of aromatic carboxylic acids is 1. The Morgan fingerprint density at radius 2 is 1.83 bits per heavy atom. The number of thiophene rings is 1. The largest absolute Gasteiger partial charge is 0.478 e. The van der Waals surface area contributed by atoms with Crippen LogP contribution in [0.1, 0.15) is 95.3 Å². The summed E-state index contributed by atoms with van der Waals surface area (Å²) in [6.07, 6.45) is 8.53. The minimum Gasteiger partial charge on any atom is -0.478 e. The van der Waals surface area contributed by atoms with Gasteiger partial charge in [0.25, 0.3) is 0 Å². The predicted octanol–water partition coefficient (Wildman–Crippen LogP) is 6.73. The molecule has 1 unspecified atom stereocenters. The van der Waals surface area contributed by atoms with Crippen LogP contribution >= 0.6 is 11.3 Å². The lowest BCUT2D eigenvalue weighted by Gasteiger charge is -2.32. The Morgan fingerprint density at radius 3 is 2.41 bits per heavy atom. The highest BCUT2D eigenvalue weighted by atomic mass is 32.1. The molecule has 1 aromatic heterocycles. The number of carbonyl (C=O) groups is 2. The van der Waals surface area contributed by atoms with Crippen molar-refractivity contribution >= 4 is 28.8 Å². The lowest BCUT2D eigenvalue weighted by molar-refractivity contribution is 0.0696. The number of Topliss-reactive ketones (excluding diaryl/α,β-unsaturated/α-hetero) is 1. The Hall–Kier alpha value is -2.14. The van der Waals surface area contributed by atoms with E-state index in [4.69, 9.17) is 5.11 Å². The minimum absolute atomic E-state index is 0.153. The first kappa shape index (κ1) is 21.6. The molecule has 1 fully saturated rings. The summed E-state index contributed by atoms with van der Waals surface area (Å²) in [5, 5.41) is 12.8. The van der Waals surface area contributed by atoms with Crippen molar-refractivity contribution in [3.63, 3.8) is 0 Å². The number of benzene rings is 1. The molecule has 0 radical (unpaired) electrons. The van der Waals surface area contributed by atoms with Crippen molar-refractivity contribution in [2.45, 2.75) is 71.3 Å². The molecule has 156 valence electrons. The first-order valence-corrected chi connectivity index (χ1v) is 11.6. The number of carbonyl (C=O) groups excluding carboxylic acids is 1. The van der Waals surface area contributed by atoms with Crippen molar-refractivity contribution in [3.8, 4) is 0 Å². The zero-order chi connectivity index (χ0) is 20.8. The number of ketones is 1. The van der Waals surface area contributed by atoms with Gasteiger partial charge in [-0.25, -0.2) is 4.79 Å². The molecule has 1 aliphatic carbocycles. The first-order valence-electron chi connectivity index (χ1n) is 10.8. The number of rotatable bonds is 9. The van der Waals surface area contributed by atoms with E-state index in [-0.39, 0.29) is 11.8 Å². The Labute approximate surface area is 177 Å². The maximum Gasteiger partial charge on any atom is 0.335 e. The molecule has 0 bridgehead atoms. The molecule has 2 N–H and O–H groups in total. The summed E-state index contributed by atoms with van der Waals surface area (Å²) < 4.78 is 0. The van der Waals surface area contributed by atoms with Gasteiger partial charge in [0.05, 0.1) is 16.5 Å². The van der Waals surface area contributed by atoms with E-state index in [1.54, 1.807) is 23.5 Å². The summed E-state index contributed by atoms with van der Waals surface area (Å²) in [4.78, 5) is 25.8. The molecule has 29 heavy (non-hydrogen) atoms. The maximum atomic E-state index is 12.5. The van der Waals surface area contributed by atoms with Crippen molar-refractivity contribution in [2.24, 2.45) is 5.92 Å². The molecule has 0 spiro atoms. The van der Waals surface area contributed by atoms with Gasteiger partial charge in [0.1, 0.15) is 0 Å². The number of carboxylic acid groups (broad SMARTS) is 1. The van der Waals surface area contributed by atoms with E-state index in [0.29, 0.717) is 17.9 Å². The first-order chi connectivity index (χ1) is 14.0. The molecule has 1 atom stereocenters. The van der Waals surface area contributed by atoms with Gasteiger partial charge in [0.2, 0.25) is 0 Å². The molecule has 0 amide bonds. The van der Waals surface area contributed by atoms with Crippen LogP contribution < -0.4 is 5.32 Å². The van der Waals surface area contributed by atoms with E-state index in [1.165, 1.54) is 42.5 Å². The lowest BCUT2D eigenvalue weighted by Crippen LogP contribution is -2.23. The van der Waals surface area contributed by atoms with Gasteiger partial charge in [0.15, 0.2) is 5.78 Å². The third kappa shape index (κ3) is 5.27. The molecule has 5 heteroatoms. The smallest absolute Gasteiger partial charge is 0.335 e. The van der Waals surface area contributed by atoms with Crippen LogP contribution in [0.15, 0.2) is 30.3 Å². The lowest BCUT2D eigenvalue weighted by atomic mass is 9.80. The van der Waals surface area contributed by atoms with Crippen molar-refractivity contribution < 1.29 is 14.7 Å². The van der Waals surface area contributed by atoms with E-state index in [9.17, 15) is 9.59 Å². The fourth-order valence-electron chi connectivity index (χ4n) is 4.28. The SMILES string of the molecule is CCCC(=O)c1cc(C(Nc2ccc(C(=O)O)cc2)C2CCCCC2)c(CC)s1. The molecule has 0 saturated heterocycles. The van der Waals surface area contributed by atoms with Crippen LogP contribution in [0.2, 0.25) is 0 Å². The molecular formula is C24H31NO3S. The molecule has 0 aliphatic heterocycles. The summed E-state index contributed by atoms with van der Waals surface area (Å²) in [7, 11) is 0.